The molecule has 0 saturated carbocycles. The van der Waals surface area contributed by atoms with Crippen molar-refractivity contribution in [3.63, 3.8) is 0 Å². The first-order valence-electron chi connectivity index (χ1n) is 6.19. The molecule has 1 N–H and O–H groups in total. The van der Waals surface area contributed by atoms with Gasteiger partial charge >= 0.3 is 0 Å². The Morgan fingerprint density at radius 2 is 1.74 bits per heavy atom. The monoisotopic (exact) mass is 245 g/mol. The summed E-state index contributed by atoms with van der Waals surface area (Å²) in [6.45, 7) is 0. The Kier molecular flexibility index (Phi) is 2.12. The van der Waals surface area contributed by atoms with Crippen molar-refractivity contribution in [1.29, 1.82) is 0 Å². The normalized spacial score (nSPS) is 11.2. The molecule has 3 nitrogen and oxygen atoms in total. The van der Waals surface area contributed by atoms with Gasteiger partial charge in [0.1, 0.15) is 0 Å². The maximum Gasteiger partial charge on any atom is 0.0992 e. The summed E-state index contributed by atoms with van der Waals surface area (Å²) in [5.41, 5.74) is 5.31. The van der Waals surface area contributed by atoms with Crippen LogP contribution in [-0.4, -0.2) is 15.0 Å². The second kappa shape index (κ2) is 3.92. The molecule has 0 fully saturated rings. The molecule has 2 aromatic heterocycles. The lowest BCUT2D eigenvalue weighted by Crippen LogP contribution is -1.83. The van der Waals surface area contributed by atoms with Gasteiger partial charge in [0, 0.05) is 5.39 Å². The summed E-state index contributed by atoms with van der Waals surface area (Å²) >= 11 is 0. The summed E-state index contributed by atoms with van der Waals surface area (Å²) in [7, 11) is 0. The molecule has 0 amide bonds. The Morgan fingerprint density at radius 3 is 2.63 bits per heavy atom. The van der Waals surface area contributed by atoms with E-state index >= 15 is 0 Å². The number of rotatable bonds is 1. The van der Waals surface area contributed by atoms with Crippen molar-refractivity contribution < 1.29 is 0 Å². The zero-order valence-corrected chi connectivity index (χ0v) is 10.2. The number of nitrogens with zero attached hydrogens (tertiary/aromatic N) is 2. The molecule has 0 aliphatic carbocycles. The predicted molar refractivity (Wildman–Crippen MR) is 76.8 cm³/mol. The molecule has 4 rings (SSSR count). The smallest absolute Gasteiger partial charge is 0.0992 e. The van der Waals surface area contributed by atoms with Gasteiger partial charge in [-0.15, -0.1) is 0 Å². The highest BCUT2D eigenvalue weighted by Crippen LogP contribution is 2.26. The lowest BCUT2D eigenvalue weighted by atomic mass is 10.0. The van der Waals surface area contributed by atoms with Gasteiger partial charge in [-0.3, -0.25) is 4.98 Å². The first-order valence-corrected chi connectivity index (χ1v) is 6.19. The van der Waals surface area contributed by atoms with Crippen LogP contribution in [0, 0.1) is 0 Å². The van der Waals surface area contributed by atoms with Gasteiger partial charge in [-0.05, 0) is 23.3 Å². The van der Waals surface area contributed by atoms with E-state index in [9.17, 15) is 0 Å². The minimum absolute atomic E-state index is 0.970. The van der Waals surface area contributed by atoms with Crippen LogP contribution in [0.5, 0.6) is 0 Å². The van der Waals surface area contributed by atoms with E-state index in [1.165, 1.54) is 11.1 Å². The summed E-state index contributed by atoms with van der Waals surface area (Å²) in [6.07, 6.45) is 3.54. The van der Waals surface area contributed by atoms with Crippen molar-refractivity contribution >= 4 is 21.9 Å². The van der Waals surface area contributed by atoms with Crippen LogP contribution in [0.2, 0.25) is 0 Å². The highest BCUT2D eigenvalue weighted by atomic mass is 14.9. The Morgan fingerprint density at radius 1 is 0.842 bits per heavy atom. The lowest BCUT2D eigenvalue weighted by molar-refractivity contribution is 1.34. The molecule has 0 aliphatic heterocycles. The zero-order chi connectivity index (χ0) is 12.7. The second-order valence-electron chi connectivity index (χ2n) is 4.52. The van der Waals surface area contributed by atoms with Gasteiger partial charge < -0.3 is 4.98 Å². The van der Waals surface area contributed by atoms with Crippen molar-refractivity contribution in [3.8, 4) is 11.1 Å². The van der Waals surface area contributed by atoms with Crippen LogP contribution in [-0.2, 0) is 0 Å². The van der Waals surface area contributed by atoms with Crippen LogP contribution in [0.4, 0.5) is 0 Å². The van der Waals surface area contributed by atoms with E-state index < -0.39 is 0 Å². The molecule has 0 aliphatic rings. The fourth-order valence-corrected chi connectivity index (χ4v) is 2.40. The summed E-state index contributed by atoms with van der Waals surface area (Å²) < 4.78 is 0. The van der Waals surface area contributed by atoms with Crippen LogP contribution in [0.1, 0.15) is 0 Å². The van der Waals surface area contributed by atoms with Crippen molar-refractivity contribution in [2.75, 3.05) is 0 Å². The van der Waals surface area contributed by atoms with Gasteiger partial charge in [0.25, 0.3) is 0 Å². The first kappa shape index (κ1) is 10.3. The van der Waals surface area contributed by atoms with E-state index in [4.69, 9.17) is 0 Å². The van der Waals surface area contributed by atoms with Gasteiger partial charge in [0.2, 0.25) is 0 Å². The van der Waals surface area contributed by atoms with E-state index in [1.54, 1.807) is 6.33 Å². The number of fused-ring (bicyclic) bond motifs is 3. The molecule has 2 heterocycles. The summed E-state index contributed by atoms with van der Waals surface area (Å²) in [5, 5.41) is 1.08. The number of nitrogens with one attached hydrogen (secondary N) is 1. The average Bonchev–Trinajstić information content (AvgIpc) is 2.96. The third-order valence-electron chi connectivity index (χ3n) is 3.36. The molecule has 0 bridgehead atoms. The maximum atomic E-state index is 4.45. The Bertz CT molecular complexity index is 863. The number of benzene rings is 2. The molecule has 90 valence electrons. The fraction of sp³-hybridized carbons (Fsp3) is 0. The SMILES string of the molecule is c1ccc(-c2ccc3ncc4[nH]cnc4c3c2)cc1. The topological polar surface area (TPSA) is 41.6 Å². The summed E-state index contributed by atoms with van der Waals surface area (Å²) in [6, 6.07) is 16.6. The fourth-order valence-electron chi connectivity index (χ4n) is 2.40. The molecule has 0 spiro atoms. The van der Waals surface area contributed by atoms with Crippen LogP contribution >= 0.6 is 0 Å². The molecular weight excluding hydrogens is 234 g/mol. The number of pyridine rings is 1. The quantitative estimate of drug-likeness (QED) is 0.554. The average molecular weight is 245 g/mol. The van der Waals surface area contributed by atoms with Crippen LogP contribution in [0.15, 0.2) is 61.1 Å². The third-order valence-corrected chi connectivity index (χ3v) is 3.36. The van der Waals surface area contributed by atoms with E-state index in [1.807, 2.05) is 30.5 Å². The molecule has 0 radical (unpaired) electrons. The minimum atomic E-state index is 0.970. The highest BCUT2D eigenvalue weighted by molar-refractivity contribution is 6.03. The molecule has 0 unspecified atom stereocenters. The number of aromatic nitrogens is 3. The maximum absolute atomic E-state index is 4.45. The van der Waals surface area contributed by atoms with Gasteiger partial charge in [-0.2, -0.15) is 0 Å². The van der Waals surface area contributed by atoms with Gasteiger partial charge in [0.15, 0.2) is 0 Å². The predicted octanol–water partition coefficient (Wildman–Crippen LogP) is 3.78. The molecule has 0 atom stereocenters. The van der Waals surface area contributed by atoms with Gasteiger partial charge in [-0.25, -0.2) is 4.98 Å². The van der Waals surface area contributed by atoms with Crippen molar-refractivity contribution in [2.45, 2.75) is 0 Å². The van der Waals surface area contributed by atoms with E-state index in [2.05, 4.69) is 39.2 Å². The Hall–Kier alpha value is -2.68. The number of hydrogen-bond acceptors (Lipinski definition) is 2. The van der Waals surface area contributed by atoms with Crippen LogP contribution in [0.25, 0.3) is 33.1 Å². The molecular formula is C16H11N3. The first-order chi connectivity index (χ1) is 9.42. The Balaban J connectivity index is 2.04. The van der Waals surface area contributed by atoms with Crippen LogP contribution < -0.4 is 0 Å². The minimum Gasteiger partial charge on any atom is -0.343 e. The standard InChI is InChI=1S/C16H11N3/c1-2-4-11(5-3-1)12-6-7-14-13(8-12)16-15(9-17-14)18-10-19-16/h1-10H,(H,18,19). The van der Waals surface area contributed by atoms with Crippen LogP contribution in [0.3, 0.4) is 0 Å². The van der Waals surface area contributed by atoms with E-state index in [0.29, 0.717) is 0 Å². The molecule has 2 aromatic carbocycles. The van der Waals surface area contributed by atoms with Crippen molar-refractivity contribution in [1.82, 2.24) is 15.0 Å². The number of hydrogen-bond donors (Lipinski definition) is 1. The number of imidazole rings is 1. The molecule has 19 heavy (non-hydrogen) atoms. The number of H-pyrrole nitrogens is 1. The van der Waals surface area contributed by atoms with Crippen molar-refractivity contribution in [2.24, 2.45) is 0 Å². The second-order valence-corrected chi connectivity index (χ2v) is 4.52. The van der Waals surface area contributed by atoms with E-state index in [0.717, 1.165) is 21.9 Å². The van der Waals surface area contributed by atoms with Gasteiger partial charge in [0.05, 0.1) is 29.1 Å². The number of aromatic amines is 1. The summed E-state index contributed by atoms with van der Waals surface area (Å²) in [4.78, 5) is 11.9. The highest BCUT2D eigenvalue weighted by Gasteiger charge is 2.05. The molecule has 4 aromatic rings. The van der Waals surface area contributed by atoms with Gasteiger partial charge in [-0.1, -0.05) is 36.4 Å². The van der Waals surface area contributed by atoms with E-state index in [-0.39, 0.29) is 0 Å². The molecule has 0 saturated heterocycles. The third kappa shape index (κ3) is 1.59. The lowest BCUT2D eigenvalue weighted by Gasteiger charge is -2.04. The Labute approximate surface area is 110 Å². The zero-order valence-electron chi connectivity index (χ0n) is 10.2. The largest absolute Gasteiger partial charge is 0.343 e. The molecule has 3 heteroatoms. The summed E-state index contributed by atoms with van der Waals surface area (Å²) in [5.74, 6) is 0. The van der Waals surface area contributed by atoms with Crippen molar-refractivity contribution in [3.05, 3.63) is 61.1 Å².